The van der Waals surface area contributed by atoms with Gasteiger partial charge in [-0.25, -0.2) is 0 Å². The number of nitrogens with zero attached hydrogens (tertiary/aromatic N) is 3. The number of carbonyl (C=O) groups excluding carboxylic acids is 1. The highest BCUT2D eigenvalue weighted by Gasteiger charge is 2.16. The van der Waals surface area contributed by atoms with Gasteiger partial charge in [0.15, 0.2) is 0 Å². The van der Waals surface area contributed by atoms with Crippen molar-refractivity contribution in [2.45, 2.75) is 13.8 Å². The predicted octanol–water partition coefficient (Wildman–Crippen LogP) is 4.17. The number of non-ortho nitro benzene ring substituents is 1. The lowest BCUT2D eigenvalue weighted by Gasteiger charge is -2.10. The minimum atomic E-state index is -0.573. The van der Waals surface area contributed by atoms with Crippen molar-refractivity contribution in [1.82, 2.24) is 10.1 Å². The first kappa shape index (κ1) is 17.6. The van der Waals surface area contributed by atoms with E-state index in [9.17, 15) is 14.9 Å². The standard InChI is InChI=1S/C17H13ClN4O4/c1-9-7-11(16-19-10(2)26-21-16)3-6-15(9)20-17(23)13-5-4-12(22(24)25)8-14(13)18/h3-8H,1-2H3,(H,20,23). The fraction of sp³-hybridized carbons (Fsp3) is 0.118. The number of hydrogen-bond donors (Lipinski definition) is 1. The molecule has 8 nitrogen and oxygen atoms in total. The van der Waals surface area contributed by atoms with E-state index in [4.69, 9.17) is 16.1 Å². The Hall–Kier alpha value is -3.26. The largest absolute Gasteiger partial charge is 0.339 e. The van der Waals surface area contributed by atoms with Crippen LogP contribution in [-0.4, -0.2) is 21.0 Å². The lowest BCUT2D eigenvalue weighted by Crippen LogP contribution is -2.13. The van der Waals surface area contributed by atoms with Gasteiger partial charge in [-0.05, 0) is 36.8 Å². The van der Waals surface area contributed by atoms with Crippen molar-refractivity contribution in [3.05, 3.63) is 68.6 Å². The molecule has 9 heteroatoms. The number of aryl methyl sites for hydroxylation is 2. The number of benzene rings is 2. The summed E-state index contributed by atoms with van der Waals surface area (Å²) in [6.45, 7) is 3.52. The zero-order valence-electron chi connectivity index (χ0n) is 13.8. The molecule has 1 heterocycles. The maximum Gasteiger partial charge on any atom is 0.270 e. The van der Waals surface area contributed by atoms with Crippen molar-refractivity contribution >= 4 is 28.9 Å². The molecule has 1 aromatic heterocycles. The number of hydrogen-bond acceptors (Lipinski definition) is 6. The van der Waals surface area contributed by atoms with Crippen molar-refractivity contribution < 1.29 is 14.2 Å². The predicted molar refractivity (Wildman–Crippen MR) is 95.3 cm³/mol. The Morgan fingerprint density at radius 1 is 1.23 bits per heavy atom. The van der Waals surface area contributed by atoms with E-state index in [1.165, 1.54) is 12.1 Å². The third-order valence-electron chi connectivity index (χ3n) is 3.67. The summed E-state index contributed by atoms with van der Waals surface area (Å²) >= 11 is 5.99. The van der Waals surface area contributed by atoms with E-state index in [0.29, 0.717) is 17.4 Å². The van der Waals surface area contributed by atoms with Crippen LogP contribution in [0.2, 0.25) is 5.02 Å². The van der Waals surface area contributed by atoms with Gasteiger partial charge in [-0.1, -0.05) is 16.8 Å². The number of aromatic nitrogens is 2. The molecule has 0 fully saturated rings. The average molecular weight is 373 g/mol. The number of rotatable bonds is 4. The van der Waals surface area contributed by atoms with E-state index in [1.54, 1.807) is 19.1 Å². The molecule has 132 valence electrons. The summed E-state index contributed by atoms with van der Waals surface area (Å²) in [7, 11) is 0. The van der Waals surface area contributed by atoms with E-state index in [0.717, 1.165) is 17.2 Å². The van der Waals surface area contributed by atoms with Crippen LogP contribution in [0.15, 0.2) is 40.9 Å². The van der Waals surface area contributed by atoms with E-state index < -0.39 is 10.8 Å². The molecule has 0 radical (unpaired) electrons. The second-order valence-electron chi connectivity index (χ2n) is 5.54. The SMILES string of the molecule is Cc1nc(-c2ccc(NC(=O)c3ccc([N+](=O)[O-])cc3Cl)c(C)c2)no1. The number of nitro groups is 1. The highest BCUT2D eigenvalue weighted by Crippen LogP contribution is 2.26. The molecule has 0 saturated carbocycles. The lowest BCUT2D eigenvalue weighted by atomic mass is 10.1. The van der Waals surface area contributed by atoms with Crippen LogP contribution < -0.4 is 5.32 Å². The summed E-state index contributed by atoms with van der Waals surface area (Å²) < 4.78 is 4.96. The fourth-order valence-corrected chi connectivity index (χ4v) is 2.61. The third kappa shape index (κ3) is 3.55. The molecule has 0 aliphatic carbocycles. The molecule has 0 saturated heterocycles. The van der Waals surface area contributed by atoms with Gasteiger partial charge < -0.3 is 9.84 Å². The van der Waals surface area contributed by atoms with Gasteiger partial charge in [0.1, 0.15) is 0 Å². The highest BCUT2D eigenvalue weighted by atomic mass is 35.5. The molecule has 0 bridgehead atoms. The molecule has 3 rings (SSSR count). The first-order chi connectivity index (χ1) is 12.3. The summed E-state index contributed by atoms with van der Waals surface area (Å²) in [6, 6.07) is 8.98. The Bertz CT molecular complexity index is 1020. The Labute approximate surface area is 152 Å². The van der Waals surface area contributed by atoms with Gasteiger partial charge in [-0.3, -0.25) is 14.9 Å². The number of nitro benzene ring substituents is 1. The number of halogens is 1. The average Bonchev–Trinajstić information content (AvgIpc) is 3.02. The zero-order chi connectivity index (χ0) is 18.8. The molecule has 0 atom stereocenters. The molecule has 0 unspecified atom stereocenters. The zero-order valence-corrected chi connectivity index (χ0v) is 14.6. The number of anilines is 1. The quantitative estimate of drug-likeness (QED) is 0.543. The molecular formula is C17H13ClN4O4. The second-order valence-corrected chi connectivity index (χ2v) is 5.95. The van der Waals surface area contributed by atoms with Crippen LogP contribution in [0.5, 0.6) is 0 Å². The Kier molecular flexibility index (Phi) is 4.68. The minimum Gasteiger partial charge on any atom is -0.339 e. The van der Waals surface area contributed by atoms with Crippen LogP contribution in [0.25, 0.3) is 11.4 Å². The van der Waals surface area contributed by atoms with Gasteiger partial charge in [-0.2, -0.15) is 4.98 Å². The van der Waals surface area contributed by atoms with Crippen LogP contribution in [0.1, 0.15) is 21.8 Å². The fourth-order valence-electron chi connectivity index (χ4n) is 2.35. The van der Waals surface area contributed by atoms with Crippen LogP contribution in [0, 0.1) is 24.0 Å². The van der Waals surface area contributed by atoms with Gasteiger partial charge in [0.25, 0.3) is 11.6 Å². The lowest BCUT2D eigenvalue weighted by molar-refractivity contribution is -0.384. The first-order valence-electron chi connectivity index (χ1n) is 7.52. The van der Waals surface area contributed by atoms with Crippen molar-refractivity contribution in [3.8, 4) is 11.4 Å². The topological polar surface area (TPSA) is 111 Å². The molecule has 0 spiro atoms. The molecule has 1 N–H and O–H groups in total. The first-order valence-corrected chi connectivity index (χ1v) is 7.89. The summed E-state index contributed by atoms with van der Waals surface area (Å²) in [6.07, 6.45) is 0. The molecule has 0 aliphatic rings. The smallest absolute Gasteiger partial charge is 0.270 e. The summed E-state index contributed by atoms with van der Waals surface area (Å²) in [4.78, 5) is 26.8. The molecule has 1 amide bonds. The van der Waals surface area contributed by atoms with Crippen LogP contribution in [0.4, 0.5) is 11.4 Å². The Morgan fingerprint density at radius 2 is 2.00 bits per heavy atom. The van der Waals surface area contributed by atoms with E-state index >= 15 is 0 Å². The number of carbonyl (C=O) groups is 1. The number of nitrogens with one attached hydrogen (secondary N) is 1. The molecule has 2 aromatic carbocycles. The van der Waals surface area contributed by atoms with E-state index in [2.05, 4.69) is 15.5 Å². The van der Waals surface area contributed by atoms with Crippen LogP contribution in [-0.2, 0) is 0 Å². The van der Waals surface area contributed by atoms with Crippen LogP contribution in [0.3, 0.4) is 0 Å². The minimum absolute atomic E-state index is 0.00763. The summed E-state index contributed by atoms with van der Waals surface area (Å²) in [5.74, 6) is 0.459. The van der Waals surface area contributed by atoms with Crippen molar-refractivity contribution in [2.75, 3.05) is 5.32 Å². The molecular weight excluding hydrogens is 360 g/mol. The van der Waals surface area contributed by atoms with E-state index in [-0.39, 0.29) is 16.3 Å². The molecule has 3 aromatic rings. The van der Waals surface area contributed by atoms with Crippen molar-refractivity contribution in [2.24, 2.45) is 0 Å². The Balaban J connectivity index is 1.82. The van der Waals surface area contributed by atoms with Gasteiger partial charge in [0.2, 0.25) is 11.7 Å². The second kappa shape index (κ2) is 6.93. The highest BCUT2D eigenvalue weighted by molar-refractivity contribution is 6.34. The summed E-state index contributed by atoms with van der Waals surface area (Å²) in [5, 5.41) is 17.4. The molecule has 0 aliphatic heterocycles. The normalized spacial score (nSPS) is 10.6. The Morgan fingerprint density at radius 3 is 2.58 bits per heavy atom. The van der Waals surface area contributed by atoms with Crippen LogP contribution >= 0.6 is 11.6 Å². The maximum atomic E-state index is 12.4. The summed E-state index contributed by atoms with van der Waals surface area (Å²) in [5.41, 5.74) is 2.09. The maximum absolute atomic E-state index is 12.4. The van der Waals surface area contributed by atoms with E-state index in [1.807, 2.05) is 13.0 Å². The van der Waals surface area contributed by atoms with Gasteiger partial charge in [0.05, 0.1) is 15.5 Å². The van der Waals surface area contributed by atoms with Crippen molar-refractivity contribution in [1.29, 1.82) is 0 Å². The monoisotopic (exact) mass is 372 g/mol. The molecule has 26 heavy (non-hydrogen) atoms. The van der Waals surface area contributed by atoms with Gasteiger partial charge >= 0.3 is 0 Å². The van der Waals surface area contributed by atoms with Crippen molar-refractivity contribution in [3.63, 3.8) is 0 Å². The van der Waals surface area contributed by atoms with Gasteiger partial charge in [0, 0.05) is 30.3 Å². The number of amides is 1. The third-order valence-corrected chi connectivity index (χ3v) is 3.98. The van der Waals surface area contributed by atoms with Gasteiger partial charge in [-0.15, -0.1) is 0 Å².